The molecule has 0 radical (unpaired) electrons. The normalized spacial score (nSPS) is 10.2. The zero-order chi connectivity index (χ0) is 9.36. The lowest BCUT2D eigenvalue weighted by Crippen LogP contribution is -2.21. The van der Waals surface area contributed by atoms with E-state index in [2.05, 4.69) is 17.0 Å². The van der Waals surface area contributed by atoms with Crippen LogP contribution in [0.3, 0.4) is 0 Å². The fraction of sp³-hybridized carbons (Fsp3) is 0.500. The molecule has 72 valence electrons. The lowest BCUT2D eigenvalue weighted by Gasteiger charge is -2.03. The predicted molar refractivity (Wildman–Crippen MR) is 54.5 cm³/mol. The van der Waals surface area contributed by atoms with Gasteiger partial charge < -0.3 is 5.32 Å². The SMILES string of the molecule is C=CCCCNCCn1cccn1. The number of unbranched alkanes of at least 4 members (excludes halogenated alkanes) is 1. The summed E-state index contributed by atoms with van der Waals surface area (Å²) in [6.45, 7) is 6.67. The minimum Gasteiger partial charge on any atom is -0.315 e. The third-order valence-corrected chi connectivity index (χ3v) is 1.84. The molecule has 0 atom stereocenters. The van der Waals surface area contributed by atoms with Gasteiger partial charge in [-0.15, -0.1) is 6.58 Å². The number of allylic oxidation sites excluding steroid dienone is 1. The lowest BCUT2D eigenvalue weighted by atomic mass is 10.3. The van der Waals surface area contributed by atoms with E-state index in [0.29, 0.717) is 0 Å². The molecule has 0 aliphatic carbocycles. The van der Waals surface area contributed by atoms with Crippen LogP contribution in [0, 0.1) is 0 Å². The summed E-state index contributed by atoms with van der Waals surface area (Å²) in [5, 5.41) is 7.46. The van der Waals surface area contributed by atoms with E-state index in [1.807, 2.05) is 23.0 Å². The highest BCUT2D eigenvalue weighted by Crippen LogP contribution is 1.86. The van der Waals surface area contributed by atoms with Crippen molar-refractivity contribution >= 4 is 0 Å². The van der Waals surface area contributed by atoms with Crippen LogP contribution in [-0.2, 0) is 6.54 Å². The van der Waals surface area contributed by atoms with Crippen LogP contribution in [0.2, 0.25) is 0 Å². The second-order valence-electron chi connectivity index (χ2n) is 2.95. The fourth-order valence-electron chi connectivity index (χ4n) is 1.12. The Morgan fingerprint density at radius 2 is 2.38 bits per heavy atom. The molecule has 1 rings (SSSR count). The van der Waals surface area contributed by atoms with Gasteiger partial charge in [-0.3, -0.25) is 4.68 Å². The van der Waals surface area contributed by atoms with Crippen LogP contribution < -0.4 is 5.32 Å². The van der Waals surface area contributed by atoms with E-state index in [1.54, 1.807) is 6.20 Å². The first-order chi connectivity index (χ1) is 6.43. The summed E-state index contributed by atoms with van der Waals surface area (Å²) >= 11 is 0. The average molecular weight is 179 g/mol. The van der Waals surface area contributed by atoms with E-state index in [-0.39, 0.29) is 0 Å². The van der Waals surface area contributed by atoms with Gasteiger partial charge in [0.15, 0.2) is 0 Å². The van der Waals surface area contributed by atoms with Crippen LogP contribution in [0.25, 0.3) is 0 Å². The molecule has 1 heterocycles. The van der Waals surface area contributed by atoms with E-state index in [0.717, 1.165) is 26.1 Å². The van der Waals surface area contributed by atoms with Crippen molar-refractivity contribution in [2.24, 2.45) is 0 Å². The molecule has 1 N–H and O–H groups in total. The number of nitrogens with zero attached hydrogens (tertiary/aromatic N) is 2. The Labute approximate surface area is 79.5 Å². The van der Waals surface area contributed by atoms with Crippen LogP contribution in [0.15, 0.2) is 31.1 Å². The van der Waals surface area contributed by atoms with E-state index < -0.39 is 0 Å². The van der Waals surface area contributed by atoms with Crippen molar-refractivity contribution in [3.8, 4) is 0 Å². The van der Waals surface area contributed by atoms with E-state index >= 15 is 0 Å². The molecule has 3 nitrogen and oxygen atoms in total. The van der Waals surface area contributed by atoms with Gasteiger partial charge in [-0.25, -0.2) is 0 Å². The second kappa shape index (κ2) is 6.43. The molecule has 0 aliphatic heterocycles. The maximum Gasteiger partial charge on any atom is 0.0533 e. The van der Waals surface area contributed by atoms with Crippen molar-refractivity contribution in [3.63, 3.8) is 0 Å². The molecule has 3 heteroatoms. The summed E-state index contributed by atoms with van der Waals surface area (Å²) in [6, 6.07) is 1.94. The van der Waals surface area contributed by atoms with Gasteiger partial charge in [-0.2, -0.15) is 5.10 Å². The van der Waals surface area contributed by atoms with Crippen molar-refractivity contribution in [1.82, 2.24) is 15.1 Å². The Balaban J connectivity index is 1.93. The molecule has 13 heavy (non-hydrogen) atoms. The molecular formula is C10H17N3. The third kappa shape index (κ3) is 4.48. The summed E-state index contributed by atoms with van der Waals surface area (Å²) in [5.74, 6) is 0. The average Bonchev–Trinajstić information content (AvgIpc) is 2.63. The van der Waals surface area contributed by atoms with Gasteiger partial charge in [-0.1, -0.05) is 6.08 Å². The fourth-order valence-corrected chi connectivity index (χ4v) is 1.12. The van der Waals surface area contributed by atoms with E-state index in [9.17, 15) is 0 Å². The molecule has 0 saturated heterocycles. The van der Waals surface area contributed by atoms with Crippen LogP contribution in [0.4, 0.5) is 0 Å². The van der Waals surface area contributed by atoms with Gasteiger partial charge in [0.05, 0.1) is 6.54 Å². The van der Waals surface area contributed by atoms with Crippen LogP contribution in [0.1, 0.15) is 12.8 Å². The largest absolute Gasteiger partial charge is 0.315 e. The zero-order valence-corrected chi connectivity index (χ0v) is 7.95. The van der Waals surface area contributed by atoms with Gasteiger partial charge in [0.1, 0.15) is 0 Å². The second-order valence-corrected chi connectivity index (χ2v) is 2.95. The first-order valence-corrected chi connectivity index (χ1v) is 4.72. The molecule has 1 aromatic heterocycles. The molecule has 1 aromatic rings. The van der Waals surface area contributed by atoms with Crippen molar-refractivity contribution in [2.45, 2.75) is 19.4 Å². The van der Waals surface area contributed by atoms with Crippen molar-refractivity contribution in [1.29, 1.82) is 0 Å². The van der Waals surface area contributed by atoms with E-state index in [1.165, 1.54) is 6.42 Å². The molecule has 0 saturated carbocycles. The molecule has 0 unspecified atom stereocenters. The molecule has 0 fully saturated rings. The predicted octanol–water partition coefficient (Wildman–Crippen LogP) is 1.44. The number of hydrogen-bond donors (Lipinski definition) is 1. The molecule has 0 amide bonds. The highest BCUT2D eigenvalue weighted by Gasteiger charge is 1.89. The van der Waals surface area contributed by atoms with Gasteiger partial charge >= 0.3 is 0 Å². The number of aromatic nitrogens is 2. The smallest absolute Gasteiger partial charge is 0.0533 e. The zero-order valence-electron chi connectivity index (χ0n) is 7.95. The summed E-state index contributed by atoms with van der Waals surface area (Å²) < 4.78 is 1.93. The number of hydrogen-bond acceptors (Lipinski definition) is 2. The van der Waals surface area contributed by atoms with Gasteiger partial charge in [0.2, 0.25) is 0 Å². The van der Waals surface area contributed by atoms with Gasteiger partial charge in [-0.05, 0) is 25.5 Å². The Morgan fingerprint density at radius 1 is 1.46 bits per heavy atom. The molecule has 0 aliphatic rings. The first-order valence-electron chi connectivity index (χ1n) is 4.72. The van der Waals surface area contributed by atoms with Gasteiger partial charge in [0.25, 0.3) is 0 Å². The monoisotopic (exact) mass is 179 g/mol. The highest BCUT2D eigenvalue weighted by atomic mass is 15.3. The molecule has 0 aromatic carbocycles. The minimum absolute atomic E-state index is 0.946. The summed E-state index contributed by atoms with van der Waals surface area (Å²) in [4.78, 5) is 0. The Bertz CT molecular complexity index is 216. The standard InChI is InChI=1S/C10H17N3/c1-2-3-4-6-11-8-10-13-9-5-7-12-13/h2,5,7,9,11H,1,3-4,6,8,10H2. The van der Waals surface area contributed by atoms with Crippen LogP contribution in [-0.4, -0.2) is 22.9 Å². The molecule has 0 bridgehead atoms. The number of rotatable bonds is 7. The van der Waals surface area contributed by atoms with Crippen LogP contribution >= 0.6 is 0 Å². The number of nitrogens with one attached hydrogen (secondary N) is 1. The lowest BCUT2D eigenvalue weighted by molar-refractivity contribution is 0.549. The van der Waals surface area contributed by atoms with Crippen molar-refractivity contribution in [2.75, 3.05) is 13.1 Å². The molecular weight excluding hydrogens is 162 g/mol. The topological polar surface area (TPSA) is 29.9 Å². The Kier molecular flexibility index (Phi) is 4.94. The third-order valence-electron chi connectivity index (χ3n) is 1.84. The Morgan fingerprint density at radius 3 is 3.08 bits per heavy atom. The quantitative estimate of drug-likeness (QED) is 0.507. The maximum atomic E-state index is 4.11. The van der Waals surface area contributed by atoms with Crippen molar-refractivity contribution in [3.05, 3.63) is 31.1 Å². The highest BCUT2D eigenvalue weighted by molar-refractivity contribution is 4.77. The van der Waals surface area contributed by atoms with E-state index in [4.69, 9.17) is 0 Å². The Hall–Kier alpha value is -1.09. The maximum absolute atomic E-state index is 4.11. The summed E-state index contributed by atoms with van der Waals surface area (Å²) in [6.07, 6.45) is 8.00. The summed E-state index contributed by atoms with van der Waals surface area (Å²) in [5.41, 5.74) is 0. The molecule has 0 spiro atoms. The summed E-state index contributed by atoms with van der Waals surface area (Å²) in [7, 11) is 0. The van der Waals surface area contributed by atoms with Crippen molar-refractivity contribution < 1.29 is 0 Å². The minimum atomic E-state index is 0.946. The van der Waals surface area contributed by atoms with Gasteiger partial charge in [0, 0.05) is 18.9 Å². The van der Waals surface area contributed by atoms with Crippen LogP contribution in [0.5, 0.6) is 0 Å². The first kappa shape index (κ1) is 9.99.